The molecule has 7 heteroatoms. The number of rotatable bonds is 2. The fourth-order valence-corrected chi connectivity index (χ4v) is 3.80. The van der Waals surface area contributed by atoms with Crippen molar-refractivity contribution in [2.75, 3.05) is 11.4 Å². The molecular weight excluding hydrogens is 363 g/mol. The van der Waals surface area contributed by atoms with Gasteiger partial charge < -0.3 is 4.74 Å². The van der Waals surface area contributed by atoms with Crippen LogP contribution in [-0.4, -0.2) is 35.1 Å². The molecule has 1 aliphatic heterocycles. The summed E-state index contributed by atoms with van der Waals surface area (Å²) >= 11 is 0. The number of hydrogen-bond acceptors (Lipinski definition) is 4. The Morgan fingerprint density at radius 1 is 1.14 bits per heavy atom. The average Bonchev–Trinajstić information content (AvgIpc) is 2.61. The Hall–Kier alpha value is -2.44. The highest BCUT2D eigenvalue weighted by Crippen LogP contribution is 2.35. The van der Waals surface area contributed by atoms with Crippen molar-refractivity contribution in [3.8, 4) is 0 Å². The van der Waals surface area contributed by atoms with Gasteiger partial charge in [-0.15, -0.1) is 0 Å². The van der Waals surface area contributed by atoms with Crippen molar-refractivity contribution in [1.82, 2.24) is 4.90 Å². The number of hydrogen-bond donors (Lipinski definition) is 0. The summed E-state index contributed by atoms with van der Waals surface area (Å²) < 4.78 is 19.9. The molecule has 1 aromatic rings. The largest absolute Gasteiger partial charge is 0.443 e. The number of ether oxygens (including phenoxy) is 1. The van der Waals surface area contributed by atoms with Gasteiger partial charge in [-0.05, 0) is 57.2 Å². The van der Waals surface area contributed by atoms with E-state index >= 15 is 0 Å². The Morgan fingerprint density at radius 3 is 2.43 bits per heavy atom. The van der Waals surface area contributed by atoms with Gasteiger partial charge in [0.1, 0.15) is 11.4 Å². The van der Waals surface area contributed by atoms with Crippen LogP contribution in [0.15, 0.2) is 18.2 Å². The molecule has 1 aliphatic carbocycles. The van der Waals surface area contributed by atoms with E-state index in [1.165, 1.54) is 17.4 Å². The van der Waals surface area contributed by atoms with Crippen LogP contribution in [0.5, 0.6) is 0 Å². The smallest absolute Gasteiger partial charge is 0.425 e. The van der Waals surface area contributed by atoms with E-state index in [-0.39, 0.29) is 24.7 Å². The minimum absolute atomic E-state index is 0.0308. The van der Waals surface area contributed by atoms with Crippen LogP contribution in [0.4, 0.5) is 19.7 Å². The first-order chi connectivity index (χ1) is 13.2. The van der Waals surface area contributed by atoms with Crippen LogP contribution < -0.4 is 4.90 Å². The molecule has 0 spiro atoms. The Bertz CT molecular complexity index is 781. The predicted molar refractivity (Wildman–Crippen MR) is 103 cm³/mol. The van der Waals surface area contributed by atoms with Gasteiger partial charge >= 0.3 is 12.1 Å². The van der Waals surface area contributed by atoms with E-state index in [0.717, 1.165) is 25.7 Å². The van der Waals surface area contributed by atoms with Gasteiger partial charge in [0.05, 0.1) is 0 Å². The third kappa shape index (κ3) is 4.34. The molecule has 0 aromatic heterocycles. The molecule has 28 heavy (non-hydrogen) atoms. The molecule has 1 aromatic carbocycles. The summed E-state index contributed by atoms with van der Waals surface area (Å²) in [6.45, 7) is 5.06. The van der Waals surface area contributed by atoms with Crippen LogP contribution in [0.25, 0.3) is 0 Å². The zero-order valence-corrected chi connectivity index (χ0v) is 16.7. The standard InChI is InChI=1S/C21H27FN2O4/c1-21(2,3)28-20(27)24-18(25)11-12-23(19(24)26)15-9-10-16(17(22)13-15)14-7-5-4-6-8-14/h9-10,13-14H,4-8,11-12H2,1-3H3. The molecule has 0 N–H and O–H groups in total. The summed E-state index contributed by atoms with van der Waals surface area (Å²) in [5, 5.41) is 0. The summed E-state index contributed by atoms with van der Waals surface area (Å²) in [6.07, 6.45) is 4.29. The maximum Gasteiger partial charge on any atom is 0.425 e. The van der Waals surface area contributed by atoms with Crippen molar-refractivity contribution in [3.63, 3.8) is 0 Å². The van der Waals surface area contributed by atoms with Crippen molar-refractivity contribution in [2.24, 2.45) is 0 Å². The highest BCUT2D eigenvalue weighted by atomic mass is 19.1. The SMILES string of the molecule is CC(C)(C)OC(=O)N1C(=O)CCN(c2ccc(C3CCCCC3)c(F)c2)C1=O. The fourth-order valence-electron chi connectivity index (χ4n) is 3.80. The van der Waals surface area contributed by atoms with Gasteiger partial charge in [-0.2, -0.15) is 4.90 Å². The minimum atomic E-state index is -1.01. The Morgan fingerprint density at radius 2 is 1.82 bits per heavy atom. The maximum atomic E-state index is 14.8. The molecule has 3 rings (SSSR count). The zero-order valence-electron chi connectivity index (χ0n) is 16.7. The van der Waals surface area contributed by atoms with Gasteiger partial charge in [-0.1, -0.05) is 25.3 Å². The van der Waals surface area contributed by atoms with Crippen LogP contribution in [0.3, 0.4) is 0 Å². The second-order valence-electron chi connectivity index (χ2n) is 8.43. The molecule has 2 fully saturated rings. The molecule has 0 radical (unpaired) electrons. The minimum Gasteiger partial charge on any atom is -0.443 e. The van der Waals surface area contributed by atoms with Crippen molar-refractivity contribution >= 4 is 23.7 Å². The lowest BCUT2D eigenvalue weighted by Crippen LogP contribution is -2.55. The summed E-state index contributed by atoms with van der Waals surface area (Å²) in [5.74, 6) is -0.757. The van der Waals surface area contributed by atoms with E-state index in [9.17, 15) is 18.8 Å². The molecule has 0 bridgehead atoms. The predicted octanol–water partition coefficient (Wildman–Crippen LogP) is 4.97. The molecule has 1 saturated carbocycles. The quantitative estimate of drug-likeness (QED) is 0.715. The number of imide groups is 3. The number of carbonyl (C=O) groups excluding carboxylic acids is 3. The van der Waals surface area contributed by atoms with Crippen LogP contribution in [0.2, 0.25) is 0 Å². The number of benzene rings is 1. The number of anilines is 1. The number of amides is 4. The number of carbonyl (C=O) groups is 3. The molecule has 1 saturated heterocycles. The first-order valence-corrected chi connectivity index (χ1v) is 9.84. The highest BCUT2D eigenvalue weighted by Gasteiger charge is 2.40. The first kappa shape index (κ1) is 20.3. The van der Waals surface area contributed by atoms with Crippen LogP contribution in [0.1, 0.15) is 70.8 Å². The van der Waals surface area contributed by atoms with Gasteiger partial charge in [0.15, 0.2) is 0 Å². The Labute approximate surface area is 164 Å². The van der Waals surface area contributed by atoms with Crippen LogP contribution in [-0.2, 0) is 9.53 Å². The van der Waals surface area contributed by atoms with E-state index < -0.39 is 23.6 Å². The van der Waals surface area contributed by atoms with Crippen molar-refractivity contribution < 1.29 is 23.5 Å². The van der Waals surface area contributed by atoms with Crippen molar-refractivity contribution in [2.45, 2.75) is 70.8 Å². The fraction of sp³-hybridized carbons (Fsp3) is 0.571. The van der Waals surface area contributed by atoms with Gasteiger partial charge in [-0.3, -0.25) is 9.69 Å². The molecule has 0 unspecified atom stereocenters. The van der Waals surface area contributed by atoms with Gasteiger partial charge in [0, 0.05) is 18.7 Å². The second kappa shape index (κ2) is 7.89. The lowest BCUT2D eigenvalue weighted by atomic mass is 9.84. The van der Waals surface area contributed by atoms with Crippen LogP contribution >= 0.6 is 0 Å². The van der Waals surface area contributed by atoms with Crippen LogP contribution in [0, 0.1) is 5.82 Å². The molecule has 6 nitrogen and oxygen atoms in total. The summed E-state index contributed by atoms with van der Waals surface area (Å²) in [7, 11) is 0. The number of urea groups is 1. The number of nitrogens with zero attached hydrogens (tertiary/aromatic N) is 2. The third-order valence-electron chi connectivity index (χ3n) is 5.14. The average molecular weight is 390 g/mol. The molecular formula is C21H27FN2O4. The zero-order chi connectivity index (χ0) is 20.5. The lowest BCUT2D eigenvalue weighted by molar-refractivity contribution is -0.128. The second-order valence-corrected chi connectivity index (χ2v) is 8.43. The summed E-state index contributed by atoms with van der Waals surface area (Å²) in [6, 6.07) is 3.93. The summed E-state index contributed by atoms with van der Waals surface area (Å²) in [5.41, 5.74) is 0.171. The molecule has 1 heterocycles. The maximum absolute atomic E-state index is 14.8. The normalized spacial score (nSPS) is 19.1. The third-order valence-corrected chi connectivity index (χ3v) is 5.14. The van der Waals surface area contributed by atoms with Gasteiger partial charge in [0.25, 0.3) is 0 Å². The molecule has 4 amide bonds. The van der Waals surface area contributed by atoms with E-state index in [2.05, 4.69) is 0 Å². The highest BCUT2D eigenvalue weighted by molar-refractivity contribution is 6.15. The first-order valence-electron chi connectivity index (χ1n) is 9.84. The van der Waals surface area contributed by atoms with Gasteiger partial charge in [-0.25, -0.2) is 14.0 Å². The Kier molecular flexibility index (Phi) is 5.72. The number of halogens is 1. The summed E-state index contributed by atoms with van der Waals surface area (Å²) in [4.78, 5) is 39.0. The topological polar surface area (TPSA) is 66.9 Å². The van der Waals surface area contributed by atoms with E-state index in [4.69, 9.17) is 4.74 Å². The van der Waals surface area contributed by atoms with Crippen molar-refractivity contribution in [3.05, 3.63) is 29.6 Å². The molecule has 2 aliphatic rings. The van der Waals surface area contributed by atoms with E-state index in [1.807, 2.05) is 0 Å². The lowest BCUT2D eigenvalue weighted by Gasteiger charge is -2.34. The van der Waals surface area contributed by atoms with Crippen molar-refractivity contribution in [1.29, 1.82) is 0 Å². The monoisotopic (exact) mass is 390 g/mol. The molecule has 152 valence electrons. The van der Waals surface area contributed by atoms with Gasteiger partial charge in [0.2, 0.25) is 5.91 Å². The van der Waals surface area contributed by atoms with E-state index in [0.29, 0.717) is 16.2 Å². The van der Waals surface area contributed by atoms with E-state index in [1.54, 1.807) is 32.9 Å². The Balaban J connectivity index is 1.81. The molecule has 0 atom stereocenters.